The quantitative estimate of drug-likeness (QED) is 0.240. The van der Waals surface area contributed by atoms with Gasteiger partial charge in [-0.15, -0.1) is 0 Å². The number of nitrogens with one attached hydrogen (secondary N) is 3. The Kier molecular flexibility index (Phi) is 11.3. The van der Waals surface area contributed by atoms with Gasteiger partial charge in [0.05, 0.1) is 25.9 Å². The number of aromatic amines is 1. The summed E-state index contributed by atoms with van der Waals surface area (Å²) in [6.45, 7) is 3.23. The minimum atomic E-state index is -0.671. The highest BCUT2D eigenvalue weighted by molar-refractivity contribution is 5.89. The standard InChI is InChI=1S/C27H25N3O2.C6H12O3/c31-27(29-20-21-7-6-17-28-19-21)30-24-12-14-25(15-13-24)32-18-16-23-10-4-5-11-26(23)22-8-2-1-3-9-22;1-2-5-6(8)4(7)3-9-5/h1-15,17,19H,16,18,20H2,(H2,29,30,31);4-8H,2-3H2,1H3/p+1/t;4-,5+,6-/m.0/s1. The average Bonchev–Trinajstić information content (AvgIpc) is 3.35. The van der Waals surface area contributed by atoms with Crippen molar-refractivity contribution in [2.45, 2.75) is 44.6 Å². The number of aliphatic hydroxyl groups is 2. The smallest absolute Gasteiger partial charge is 0.319 e. The first-order valence-electron chi connectivity index (χ1n) is 13.9. The molecule has 1 aromatic heterocycles. The largest absolute Gasteiger partial charge is 0.493 e. The molecule has 0 bridgehead atoms. The predicted molar refractivity (Wildman–Crippen MR) is 158 cm³/mol. The number of carbonyl (C=O) groups excluding carboxylic acids is 1. The summed E-state index contributed by atoms with van der Waals surface area (Å²) in [7, 11) is 0. The van der Waals surface area contributed by atoms with Crippen LogP contribution < -0.4 is 20.4 Å². The number of aromatic nitrogens is 1. The fraction of sp³-hybridized carbons (Fsp3) is 0.273. The summed E-state index contributed by atoms with van der Waals surface area (Å²) in [6.07, 6.45) is 3.76. The molecule has 4 aromatic rings. The number of hydrogen-bond donors (Lipinski definition) is 4. The number of rotatable bonds is 9. The topological polar surface area (TPSA) is 114 Å². The first-order valence-corrected chi connectivity index (χ1v) is 13.9. The molecule has 5 N–H and O–H groups in total. The molecule has 3 aromatic carbocycles. The van der Waals surface area contributed by atoms with Gasteiger partial charge in [-0.3, -0.25) is 0 Å². The van der Waals surface area contributed by atoms with Crippen LogP contribution in [-0.4, -0.2) is 47.8 Å². The van der Waals surface area contributed by atoms with Crippen LogP contribution in [0.15, 0.2) is 103 Å². The van der Waals surface area contributed by atoms with Gasteiger partial charge in [-0.1, -0.05) is 61.5 Å². The number of ether oxygens (including phenoxy) is 2. The molecule has 2 amide bonds. The molecule has 1 saturated heterocycles. The van der Waals surface area contributed by atoms with Crippen molar-refractivity contribution in [2.24, 2.45) is 0 Å². The monoisotopic (exact) mass is 556 g/mol. The maximum absolute atomic E-state index is 12.1. The van der Waals surface area contributed by atoms with Crippen molar-refractivity contribution in [1.29, 1.82) is 0 Å². The third-order valence-electron chi connectivity index (χ3n) is 6.74. The van der Waals surface area contributed by atoms with Crippen LogP contribution in [0.3, 0.4) is 0 Å². The maximum atomic E-state index is 12.1. The number of carbonyl (C=O) groups is 1. The molecule has 214 valence electrons. The SMILES string of the molecule is CC[C@H]1OC[C@H](O)[C@@H]1O.O=C(NCc1ccc[nH+]c1)Nc1ccc(OCCc2ccccc2-c2ccccc2)cc1. The van der Waals surface area contributed by atoms with Crippen molar-refractivity contribution in [3.8, 4) is 16.9 Å². The lowest BCUT2D eigenvalue weighted by Crippen LogP contribution is -2.29. The molecule has 2 heterocycles. The lowest BCUT2D eigenvalue weighted by Gasteiger charge is -2.12. The average molecular weight is 557 g/mol. The molecule has 5 rings (SSSR count). The van der Waals surface area contributed by atoms with Crippen LogP contribution in [0.1, 0.15) is 24.5 Å². The number of hydrogen-bond acceptors (Lipinski definition) is 5. The van der Waals surface area contributed by atoms with E-state index in [1.54, 1.807) is 0 Å². The number of H-pyrrole nitrogens is 1. The van der Waals surface area contributed by atoms with Gasteiger partial charge in [0, 0.05) is 23.7 Å². The lowest BCUT2D eigenvalue weighted by molar-refractivity contribution is -0.378. The second kappa shape index (κ2) is 15.5. The van der Waals surface area contributed by atoms with Gasteiger partial charge in [0.25, 0.3) is 0 Å². The van der Waals surface area contributed by atoms with E-state index in [0.29, 0.717) is 18.8 Å². The molecule has 0 aliphatic carbocycles. The predicted octanol–water partition coefficient (Wildman–Crippen LogP) is 4.63. The molecule has 41 heavy (non-hydrogen) atoms. The molecule has 0 unspecified atom stereocenters. The molecule has 8 heteroatoms. The van der Waals surface area contributed by atoms with Crippen LogP contribution in [0, 0.1) is 0 Å². The Labute approximate surface area is 241 Å². The summed E-state index contributed by atoms with van der Waals surface area (Å²) in [4.78, 5) is 15.1. The minimum Gasteiger partial charge on any atom is -0.493 e. The van der Waals surface area contributed by atoms with E-state index in [1.165, 1.54) is 16.7 Å². The van der Waals surface area contributed by atoms with Gasteiger partial charge in [0.1, 0.15) is 18.0 Å². The van der Waals surface area contributed by atoms with E-state index >= 15 is 0 Å². The molecule has 0 saturated carbocycles. The van der Waals surface area contributed by atoms with Crippen molar-refractivity contribution >= 4 is 11.7 Å². The highest BCUT2D eigenvalue weighted by atomic mass is 16.5. The molecular formula is C33H38N3O5+. The zero-order chi connectivity index (χ0) is 28.9. The van der Waals surface area contributed by atoms with Gasteiger partial charge in [0.2, 0.25) is 0 Å². The first kappa shape index (κ1) is 29.7. The highest BCUT2D eigenvalue weighted by Crippen LogP contribution is 2.24. The van der Waals surface area contributed by atoms with E-state index in [4.69, 9.17) is 19.7 Å². The van der Waals surface area contributed by atoms with E-state index in [9.17, 15) is 4.79 Å². The number of urea groups is 1. The highest BCUT2D eigenvalue weighted by Gasteiger charge is 2.32. The summed E-state index contributed by atoms with van der Waals surface area (Å²) >= 11 is 0. The summed E-state index contributed by atoms with van der Waals surface area (Å²) in [5.74, 6) is 0.771. The lowest BCUT2D eigenvalue weighted by atomic mass is 9.98. The Morgan fingerprint density at radius 1 is 0.976 bits per heavy atom. The Morgan fingerprint density at radius 2 is 1.73 bits per heavy atom. The number of aliphatic hydroxyl groups excluding tert-OH is 2. The second-order valence-electron chi connectivity index (χ2n) is 9.70. The number of benzene rings is 3. The van der Waals surface area contributed by atoms with Gasteiger partial charge < -0.3 is 30.3 Å². The molecular weight excluding hydrogens is 518 g/mol. The number of pyridine rings is 1. The number of amides is 2. The number of anilines is 1. The van der Waals surface area contributed by atoms with E-state index in [1.807, 2.05) is 61.8 Å². The van der Waals surface area contributed by atoms with Crippen LogP contribution >= 0.6 is 0 Å². The van der Waals surface area contributed by atoms with E-state index in [0.717, 1.165) is 24.2 Å². The molecule has 3 atom stereocenters. The summed E-state index contributed by atoms with van der Waals surface area (Å²) in [5.41, 5.74) is 5.41. The second-order valence-corrected chi connectivity index (χ2v) is 9.70. The molecule has 1 fully saturated rings. The Balaban J connectivity index is 0.000000367. The van der Waals surface area contributed by atoms with Gasteiger partial charge in [-0.2, -0.15) is 0 Å². The third kappa shape index (κ3) is 9.14. The van der Waals surface area contributed by atoms with Crippen molar-refractivity contribution in [3.63, 3.8) is 0 Å². The molecule has 1 aliphatic rings. The zero-order valence-electron chi connectivity index (χ0n) is 23.2. The van der Waals surface area contributed by atoms with Gasteiger partial charge >= 0.3 is 6.03 Å². The molecule has 1 aliphatic heterocycles. The minimum absolute atomic E-state index is 0.153. The van der Waals surface area contributed by atoms with E-state index in [2.05, 4.69) is 64.1 Å². The zero-order valence-corrected chi connectivity index (χ0v) is 23.2. The fourth-order valence-corrected chi connectivity index (χ4v) is 4.48. The van der Waals surface area contributed by atoms with Gasteiger partial charge in [0.15, 0.2) is 12.4 Å². The van der Waals surface area contributed by atoms with E-state index < -0.39 is 12.2 Å². The van der Waals surface area contributed by atoms with Crippen molar-refractivity contribution in [1.82, 2.24) is 5.32 Å². The molecule has 8 nitrogen and oxygen atoms in total. The Morgan fingerprint density at radius 3 is 2.39 bits per heavy atom. The Bertz CT molecular complexity index is 1340. The maximum Gasteiger partial charge on any atom is 0.319 e. The van der Waals surface area contributed by atoms with E-state index in [-0.39, 0.29) is 18.7 Å². The molecule has 0 radical (unpaired) electrons. The molecule has 0 spiro atoms. The van der Waals surface area contributed by atoms with Crippen LogP contribution in [-0.2, 0) is 17.7 Å². The summed E-state index contributed by atoms with van der Waals surface area (Å²) in [5, 5.41) is 23.7. The van der Waals surface area contributed by atoms with Crippen LogP contribution in [0.5, 0.6) is 5.75 Å². The normalized spacial score (nSPS) is 17.7. The van der Waals surface area contributed by atoms with Crippen molar-refractivity contribution in [2.75, 3.05) is 18.5 Å². The van der Waals surface area contributed by atoms with Gasteiger partial charge in [-0.25, -0.2) is 9.78 Å². The fourth-order valence-electron chi connectivity index (χ4n) is 4.48. The third-order valence-corrected chi connectivity index (χ3v) is 6.74. The van der Waals surface area contributed by atoms with Crippen LogP contribution in [0.2, 0.25) is 0 Å². The van der Waals surface area contributed by atoms with Crippen LogP contribution in [0.4, 0.5) is 10.5 Å². The van der Waals surface area contributed by atoms with Crippen molar-refractivity contribution in [3.05, 3.63) is 115 Å². The summed E-state index contributed by atoms with van der Waals surface area (Å²) in [6, 6.07) is 29.8. The van der Waals surface area contributed by atoms with Crippen LogP contribution in [0.25, 0.3) is 11.1 Å². The summed E-state index contributed by atoms with van der Waals surface area (Å²) < 4.78 is 11.0. The van der Waals surface area contributed by atoms with Crippen molar-refractivity contribution < 1.29 is 29.5 Å². The Hall–Kier alpha value is -4.24. The van der Waals surface area contributed by atoms with Gasteiger partial charge in [-0.05, 0) is 53.4 Å². The first-order chi connectivity index (χ1) is 20.0.